The van der Waals surface area contributed by atoms with E-state index in [1.165, 1.54) is 48.5 Å². The fourth-order valence-electron chi connectivity index (χ4n) is 2.73. The molecule has 0 saturated heterocycles. The van der Waals surface area contributed by atoms with Gasteiger partial charge in [0, 0.05) is 37.4 Å². The van der Waals surface area contributed by atoms with Gasteiger partial charge >= 0.3 is 0 Å². The molecular formula is C18H14ClN3O6S2. The maximum absolute atomic E-state index is 13.2. The fourth-order valence-corrected chi connectivity index (χ4v) is 5.79. The monoisotopic (exact) mass is 467 g/mol. The molecule has 0 unspecified atom stereocenters. The molecule has 0 radical (unpaired) electrons. The van der Waals surface area contributed by atoms with Gasteiger partial charge in [0.1, 0.15) is 4.21 Å². The third kappa shape index (κ3) is 5.00. The Bertz CT molecular complexity index is 1150. The summed E-state index contributed by atoms with van der Waals surface area (Å²) in [4.78, 5) is 21.0. The molecule has 0 aliphatic rings. The highest BCUT2D eigenvalue weighted by Crippen LogP contribution is 2.30. The molecular weight excluding hydrogens is 454 g/mol. The first-order chi connectivity index (χ1) is 14.2. The van der Waals surface area contributed by atoms with E-state index in [2.05, 4.69) is 0 Å². The summed E-state index contributed by atoms with van der Waals surface area (Å²) < 4.78 is 27.8. The van der Waals surface area contributed by atoms with E-state index in [4.69, 9.17) is 11.6 Å². The van der Waals surface area contributed by atoms with Crippen LogP contribution in [-0.2, 0) is 23.1 Å². The lowest BCUT2D eigenvalue weighted by atomic mass is 10.1. The molecule has 0 fully saturated rings. The number of nitro groups is 2. The minimum absolute atomic E-state index is 0.00311. The van der Waals surface area contributed by atoms with Crippen LogP contribution in [0.4, 0.5) is 11.4 Å². The van der Waals surface area contributed by atoms with Gasteiger partial charge < -0.3 is 0 Å². The van der Waals surface area contributed by atoms with Gasteiger partial charge in [-0.15, -0.1) is 11.3 Å². The third-order valence-corrected chi connectivity index (χ3v) is 7.59. The minimum Gasteiger partial charge on any atom is -0.258 e. The molecule has 0 spiro atoms. The number of nitrogens with zero attached hydrogens (tertiary/aromatic N) is 3. The Labute approximate surface area is 180 Å². The molecule has 30 heavy (non-hydrogen) atoms. The van der Waals surface area contributed by atoms with E-state index in [1.807, 2.05) is 0 Å². The van der Waals surface area contributed by atoms with Gasteiger partial charge in [-0.25, -0.2) is 8.42 Å². The van der Waals surface area contributed by atoms with Crippen LogP contribution in [-0.4, -0.2) is 22.6 Å². The highest BCUT2D eigenvalue weighted by Gasteiger charge is 2.27. The Morgan fingerprint density at radius 1 is 0.867 bits per heavy atom. The predicted octanol–water partition coefficient (Wildman–Crippen LogP) is 4.61. The molecule has 0 saturated carbocycles. The van der Waals surface area contributed by atoms with Crippen LogP contribution in [0.1, 0.15) is 11.1 Å². The predicted molar refractivity (Wildman–Crippen MR) is 112 cm³/mol. The highest BCUT2D eigenvalue weighted by atomic mass is 35.5. The van der Waals surface area contributed by atoms with Crippen LogP contribution < -0.4 is 0 Å². The van der Waals surface area contributed by atoms with Gasteiger partial charge in [0.25, 0.3) is 21.4 Å². The van der Waals surface area contributed by atoms with Crippen molar-refractivity contribution in [2.24, 2.45) is 0 Å². The molecule has 0 amide bonds. The third-order valence-electron chi connectivity index (χ3n) is 4.10. The van der Waals surface area contributed by atoms with Gasteiger partial charge in [0.05, 0.1) is 14.2 Å². The normalized spacial score (nSPS) is 11.5. The van der Waals surface area contributed by atoms with Crippen LogP contribution >= 0.6 is 22.9 Å². The van der Waals surface area contributed by atoms with Gasteiger partial charge in [-0.05, 0) is 23.3 Å². The molecule has 3 rings (SSSR count). The second-order valence-corrected chi connectivity index (χ2v) is 10.1. The van der Waals surface area contributed by atoms with E-state index >= 15 is 0 Å². The Morgan fingerprint density at radius 2 is 1.37 bits per heavy atom. The lowest BCUT2D eigenvalue weighted by Crippen LogP contribution is -2.29. The summed E-state index contributed by atoms with van der Waals surface area (Å²) in [6, 6.07) is 14.1. The first-order valence-electron chi connectivity index (χ1n) is 8.39. The Balaban J connectivity index is 2.00. The van der Waals surface area contributed by atoms with E-state index in [1.54, 1.807) is 12.1 Å². The maximum Gasteiger partial charge on any atom is 0.269 e. The van der Waals surface area contributed by atoms with Crippen molar-refractivity contribution in [1.82, 2.24) is 4.31 Å². The van der Waals surface area contributed by atoms with Crippen LogP contribution in [0.3, 0.4) is 0 Å². The summed E-state index contributed by atoms with van der Waals surface area (Å²) in [7, 11) is -4.02. The molecule has 0 atom stereocenters. The van der Waals surface area contributed by atoms with Crippen LogP contribution in [0.25, 0.3) is 0 Å². The summed E-state index contributed by atoms with van der Waals surface area (Å²) in [5, 5.41) is 22.1. The molecule has 3 aromatic rings. The molecule has 9 nitrogen and oxygen atoms in total. The number of rotatable bonds is 8. The van der Waals surface area contributed by atoms with Gasteiger partial charge in [-0.3, -0.25) is 20.2 Å². The first-order valence-corrected chi connectivity index (χ1v) is 11.0. The number of benzene rings is 2. The van der Waals surface area contributed by atoms with Gasteiger partial charge in [-0.1, -0.05) is 35.9 Å². The standard InChI is InChI=1S/C18H14ClN3O6S2/c19-17-7-8-18(29-17)30(27,28)20(11-13-3-1-5-15(9-13)21(23)24)12-14-4-2-6-16(10-14)22(25)26/h1-10H,11-12H2. The lowest BCUT2D eigenvalue weighted by Gasteiger charge is -2.21. The smallest absolute Gasteiger partial charge is 0.258 e. The second kappa shape index (κ2) is 8.88. The van der Waals surface area contributed by atoms with E-state index in [0.29, 0.717) is 15.5 Å². The zero-order valence-corrected chi connectivity index (χ0v) is 17.6. The average molecular weight is 468 g/mol. The summed E-state index contributed by atoms with van der Waals surface area (Å²) in [6.07, 6.45) is 0. The largest absolute Gasteiger partial charge is 0.269 e. The number of thiophene rings is 1. The van der Waals surface area contributed by atoms with Crippen molar-refractivity contribution in [2.45, 2.75) is 17.3 Å². The van der Waals surface area contributed by atoms with Crippen molar-refractivity contribution >= 4 is 44.3 Å². The zero-order valence-electron chi connectivity index (χ0n) is 15.2. The topological polar surface area (TPSA) is 124 Å². The maximum atomic E-state index is 13.2. The summed E-state index contributed by atoms with van der Waals surface area (Å²) in [5.41, 5.74) is 0.473. The van der Waals surface area contributed by atoms with Crippen LogP contribution in [0.5, 0.6) is 0 Å². The van der Waals surface area contributed by atoms with Crippen molar-refractivity contribution in [2.75, 3.05) is 0 Å². The van der Waals surface area contributed by atoms with Crippen molar-refractivity contribution in [1.29, 1.82) is 0 Å². The molecule has 0 bridgehead atoms. The average Bonchev–Trinajstić information content (AvgIpc) is 3.15. The van der Waals surface area contributed by atoms with Gasteiger partial charge in [0.2, 0.25) is 0 Å². The van der Waals surface area contributed by atoms with Gasteiger partial charge in [-0.2, -0.15) is 4.31 Å². The number of halogens is 1. The highest BCUT2D eigenvalue weighted by molar-refractivity contribution is 7.91. The molecule has 0 aliphatic heterocycles. The second-order valence-electron chi connectivity index (χ2n) is 6.19. The fraction of sp³-hybridized carbons (Fsp3) is 0.111. The van der Waals surface area contributed by atoms with Crippen molar-refractivity contribution in [3.05, 3.63) is 96.4 Å². The molecule has 1 aromatic heterocycles. The van der Waals surface area contributed by atoms with Crippen LogP contribution in [0.15, 0.2) is 64.9 Å². The number of hydrogen-bond donors (Lipinski definition) is 0. The molecule has 2 aromatic carbocycles. The Kier molecular flexibility index (Phi) is 6.46. The van der Waals surface area contributed by atoms with Crippen molar-refractivity contribution < 1.29 is 18.3 Å². The number of nitro benzene ring substituents is 2. The van der Waals surface area contributed by atoms with Crippen LogP contribution in [0, 0.1) is 20.2 Å². The van der Waals surface area contributed by atoms with Crippen molar-refractivity contribution in [3.63, 3.8) is 0 Å². The Morgan fingerprint density at radius 3 is 1.77 bits per heavy atom. The number of non-ortho nitro benzene ring substituents is 2. The SMILES string of the molecule is O=[N+]([O-])c1cccc(CN(Cc2cccc([N+](=O)[O-])c2)S(=O)(=O)c2ccc(Cl)s2)c1. The van der Waals surface area contributed by atoms with E-state index < -0.39 is 19.9 Å². The summed E-state index contributed by atoms with van der Waals surface area (Å²) in [6.45, 7) is -0.329. The molecule has 0 N–H and O–H groups in total. The number of sulfonamides is 1. The van der Waals surface area contributed by atoms with Crippen LogP contribution in [0.2, 0.25) is 4.34 Å². The quantitative estimate of drug-likeness (QED) is 0.352. The van der Waals surface area contributed by atoms with E-state index in [-0.39, 0.29) is 28.7 Å². The molecule has 156 valence electrons. The van der Waals surface area contributed by atoms with E-state index in [0.717, 1.165) is 15.6 Å². The van der Waals surface area contributed by atoms with Crippen molar-refractivity contribution in [3.8, 4) is 0 Å². The molecule has 0 aliphatic carbocycles. The number of hydrogen-bond acceptors (Lipinski definition) is 7. The summed E-state index contributed by atoms with van der Waals surface area (Å²) in [5.74, 6) is 0. The minimum atomic E-state index is -4.02. The lowest BCUT2D eigenvalue weighted by molar-refractivity contribution is -0.385. The zero-order chi connectivity index (χ0) is 21.9. The molecule has 1 heterocycles. The summed E-state index contributed by atoms with van der Waals surface area (Å²) >= 11 is 6.77. The molecule has 12 heteroatoms. The van der Waals surface area contributed by atoms with Gasteiger partial charge in [0.15, 0.2) is 0 Å². The van der Waals surface area contributed by atoms with E-state index in [9.17, 15) is 28.6 Å². The first kappa shape index (κ1) is 21.8. The Hall–Kier alpha value is -2.86.